The van der Waals surface area contributed by atoms with Gasteiger partial charge in [-0.15, -0.1) is 0 Å². The molecule has 1 fully saturated rings. The van der Waals surface area contributed by atoms with Gasteiger partial charge < -0.3 is 4.74 Å². The van der Waals surface area contributed by atoms with E-state index in [0.717, 1.165) is 12.5 Å². The maximum atomic E-state index is 13.3. The van der Waals surface area contributed by atoms with E-state index >= 15 is 0 Å². The van der Waals surface area contributed by atoms with Gasteiger partial charge in [0.15, 0.2) is 0 Å². The third-order valence-corrected chi connectivity index (χ3v) is 4.00. The first-order valence-corrected chi connectivity index (χ1v) is 6.72. The molecule has 0 bridgehead atoms. The van der Waals surface area contributed by atoms with E-state index in [4.69, 9.17) is 4.74 Å². The molecule has 20 heavy (non-hydrogen) atoms. The van der Waals surface area contributed by atoms with Gasteiger partial charge in [0.1, 0.15) is 17.7 Å². The largest absolute Gasteiger partial charge is 0.439 e. The van der Waals surface area contributed by atoms with Gasteiger partial charge in [-0.3, -0.25) is 4.90 Å². The molecule has 1 aliphatic rings. The number of hydrogen-bond donors (Lipinski definition) is 0. The molecule has 5 heteroatoms. The Balaban J connectivity index is 2.34. The second-order valence-corrected chi connectivity index (χ2v) is 5.78. The Morgan fingerprint density at radius 3 is 2.30 bits per heavy atom. The predicted octanol–water partition coefficient (Wildman–Crippen LogP) is 4.04. The highest BCUT2D eigenvalue weighted by atomic mass is 19.1. The van der Waals surface area contributed by atoms with Crippen LogP contribution in [0.4, 0.5) is 13.6 Å². The van der Waals surface area contributed by atoms with Crippen LogP contribution in [0.25, 0.3) is 0 Å². The summed E-state index contributed by atoms with van der Waals surface area (Å²) in [5.74, 6) is -1.34. The van der Waals surface area contributed by atoms with Crippen molar-refractivity contribution in [1.29, 1.82) is 0 Å². The van der Waals surface area contributed by atoms with E-state index in [9.17, 15) is 13.6 Å². The van der Waals surface area contributed by atoms with Crippen LogP contribution in [0.5, 0.6) is 0 Å². The molecule has 3 nitrogen and oxygen atoms in total. The molecule has 0 aromatic heterocycles. The van der Waals surface area contributed by atoms with E-state index in [-0.39, 0.29) is 11.6 Å². The standard InChI is InChI=1S/C15H19F2NO2/c1-5-15(3,4)18-9(2)13(20-14(18)19)10-6-11(16)8-12(17)7-10/h6-9,13H,5H2,1-4H3/t9-,13-/m0/s1. The molecule has 0 unspecified atom stereocenters. The SMILES string of the molecule is CCC(C)(C)N1C(=O)O[C@H](c2cc(F)cc(F)c2)[C@@H]1C. The molecule has 1 aromatic carbocycles. The average Bonchev–Trinajstić information content (AvgIpc) is 2.64. The lowest BCUT2D eigenvalue weighted by Gasteiger charge is -2.36. The van der Waals surface area contributed by atoms with Crippen molar-refractivity contribution in [3.63, 3.8) is 0 Å². The Hall–Kier alpha value is -1.65. The number of benzene rings is 1. The summed E-state index contributed by atoms with van der Waals surface area (Å²) < 4.78 is 31.9. The number of nitrogens with zero attached hydrogens (tertiary/aromatic N) is 1. The minimum atomic E-state index is -0.670. The molecule has 2 atom stereocenters. The van der Waals surface area contributed by atoms with Crippen LogP contribution in [-0.4, -0.2) is 22.6 Å². The Kier molecular flexibility index (Phi) is 3.71. The van der Waals surface area contributed by atoms with Crippen LogP contribution in [0.1, 0.15) is 45.8 Å². The summed E-state index contributed by atoms with van der Waals surface area (Å²) in [6.07, 6.45) is -0.339. The van der Waals surface area contributed by atoms with E-state index in [2.05, 4.69) is 0 Å². The molecule has 0 radical (unpaired) electrons. The second-order valence-electron chi connectivity index (χ2n) is 5.78. The van der Waals surface area contributed by atoms with E-state index in [1.807, 2.05) is 27.7 Å². The normalized spacial score (nSPS) is 23.1. The number of rotatable bonds is 3. The molecule has 2 rings (SSSR count). The van der Waals surface area contributed by atoms with Gasteiger partial charge in [0.05, 0.1) is 6.04 Å². The topological polar surface area (TPSA) is 29.5 Å². The van der Waals surface area contributed by atoms with Crippen LogP contribution < -0.4 is 0 Å². The van der Waals surface area contributed by atoms with Gasteiger partial charge in [-0.25, -0.2) is 13.6 Å². The van der Waals surface area contributed by atoms with Gasteiger partial charge in [-0.05, 0) is 39.3 Å². The predicted molar refractivity (Wildman–Crippen MR) is 71.3 cm³/mol. The summed E-state index contributed by atoms with van der Waals surface area (Å²) in [7, 11) is 0. The lowest BCUT2D eigenvalue weighted by atomic mass is 9.95. The molecule has 1 saturated heterocycles. The number of amides is 1. The van der Waals surface area contributed by atoms with Crippen LogP contribution in [0.15, 0.2) is 18.2 Å². The summed E-state index contributed by atoms with van der Waals surface area (Å²) in [4.78, 5) is 13.7. The van der Waals surface area contributed by atoms with Crippen molar-refractivity contribution in [3.8, 4) is 0 Å². The van der Waals surface area contributed by atoms with Crippen molar-refractivity contribution in [1.82, 2.24) is 4.90 Å². The first-order chi connectivity index (χ1) is 9.26. The highest BCUT2D eigenvalue weighted by molar-refractivity contribution is 5.72. The fourth-order valence-electron chi connectivity index (χ4n) is 2.62. The zero-order chi connectivity index (χ0) is 15.1. The molecule has 1 aromatic rings. The van der Waals surface area contributed by atoms with Crippen LogP contribution in [0, 0.1) is 11.6 Å². The third-order valence-electron chi connectivity index (χ3n) is 4.00. The molecular formula is C15H19F2NO2. The number of hydrogen-bond acceptors (Lipinski definition) is 2. The highest BCUT2D eigenvalue weighted by Crippen LogP contribution is 2.38. The van der Waals surface area contributed by atoms with Gasteiger partial charge in [-0.1, -0.05) is 6.92 Å². The first kappa shape index (κ1) is 14.8. The summed E-state index contributed by atoms with van der Waals surface area (Å²) >= 11 is 0. The molecule has 0 saturated carbocycles. The minimum Gasteiger partial charge on any atom is -0.439 e. The molecule has 0 N–H and O–H groups in total. The fourth-order valence-corrected chi connectivity index (χ4v) is 2.62. The Morgan fingerprint density at radius 1 is 1.25 bits per heavy atom. The number of ether oxygens (including phenoxy) is 1. The van der Waals surface area contributed by atoms with Crippen molar-refractivity contribution in [2.75, 3.05) is 0 Å². The van der Waals surface area contributed by atoms with Crippen LogP contribution in [0.2, 0.25) is 0 Å². The third kappa shape index (κ3) is 2.49. The van der Waals surface area contributed by atoms with Crippen LogP contribution in [0.3, 0.4) is 0 Å². The average molecular weight is 283 g/mol. The molecule has 110 valence electrons. The van der Waals surface area contributed by atoms with Gasteiger partial charge >= 0.3 is 6.09 Å². The highest BCUT2D eigenvalue weighted by Gasteiger charge is 2.46. The quantitative estimate of drug-likeness (QED) is 0.838. The Morgan fingerprint density at radius 2 is 1.80 bits per heavy atom. The molecule has 1 amide bonds. The zero-order valence-electron chi connectivity index (χ0n) is 12.1. The number of carbonyl (C=O) groups is 1. The van der Waals surface area contributed by atoms with Crippen molar-refractivity contribution in [2.45, 2.75) is 51.8 Å². The van der Waals surface area contributed by atoms with Crippen molar-refractivity contribution >= 4 is 6.09 Å². The van der Waals surface area contributed by atoms with Crippen LogP contribution in [-0.2, 0) is 4.74 Å². The summed E-state index contributed by atoms with van der Waals surface area (Å²) in [5.41, 5.74) is -0.0188. The molecule has 0 spiro atoms. The van der Waals surface area contributed by atoms with Crippen molar-refractivity contribution in [3.05, 3.63) is 35.4 Å². The first-order valence-electron chi connectivity index (χ1n) is 6.72. The fraction of sp³-hybridized carbons (Fsp3) is 0.533. The van der Waals surface area contributed by atoms with Crippen molar-refractivity contribution < 1.29 is 18.3 Å². The van der Waals surface area contributed by atoms with Gasteiger partial charge in [-0.2, -0.15) is 0 Å². The van der Waals surface area contributed by atoms with E-state index < -0.39 is 23.8 Å². The number of cyclic esters (lactones) is 1. The molecular weight excluding hydrogens is 264 g/mol. The maximum Gasteiger partial charge on any atom is 0.411 e. The lowest BCUT2D eigenvalue weighted by Crippen LogP contribution is -2.48. The maximum absolute atomic E-state index is 13.3. The second kappa shape index (κ2) is 5.04. The lowest BCUT2D eigenvalue weighted by molar-refractivity contribution is 0.112. The van der Waals surface area contributed by atoms with Crippen LogP contribution >= 0.6 is 0 Å². The zero-order valence-corrected chi connectivity index (χ0v) is 12.1. The van der Waals surface area contributed by atoms with E-state index in [1.165, 1.54) is 12.1 Å². The number of carbonyl (C=O) groups excluding carboxylic acids is 1. The number of halogens is 2. The van der Waals surface area contributed by atoms with E-state index in [1.54, 1.807) is 4.90 Å². The van der Waals surface area contributed by atoms with Crippen molar-refractivity contribution in [2.24, 2.45) is 0 Å². The molecule has 1 heterocycles. The molecule has 0 aliphatic carbocycles. The van der Waals surface area contributed by atoms with Gasteiger partial charge in [0.25, 0.3) is 0 Å². The summed E-state index contributed by atoms with van der Waals surface area (Å²) in [5, 5.41) is 0. The Labute approximate surface area is 117 Å². The smallest absolute Gasteiger partial charge is 0.411 e. The Bertz CT molecular complexity index is 510. The summed E-state index contributed by atoms with van der Waals surface area (Å²) in [6, 6.07) is 2.94. The minimum absolute atomic E-state index is 0.279. The molecule has 1 aliphatic heterocycles. The van der Waals surface area contributed by atoms with Gasteiger partial charge in [0.2, 0.25) is 0 Å². The van der Waals surface area contributed by atoms with E-state index in [0.29, 0.717) is 5.56 Å². The van der Waals surface area contributed by atoms with Gasteiger partial charge in [0, 0.05) is 17.2 Å². The monoisotopic (exact) mass is 283 g/mol. The summed E-state index contributed by atoms with van der Waals surface area (Å²) in [6.45, 7) is 7.70.